The second-order valence-electron chi connectivity index (χ2n) is 4.53. The second kappa shape index (κ2) is 7.82. The van der Waals surface area contributed by atoms with Crippen molar-refractivity contribution in [3.05, 3.63) is 62.3 Å². The molecular weight excluding hydrogens is 467 g/mol. The van der Waals surface area contributed by atoms with Gasteiger partial charge in [0.05, 0.1) is 11.3 Å². The third kappa shape index (κ3) is 4.59. The number of carbonyl (C=O) groups excluding carboxylic acids is 1. The number of hydrogen-bond donors (Lipinski definition) is 3. The molecule has 1 amide bonds. The summed E-state index contributed by atoms with van der Waals surface area (Å²) in [7, 11) is 0. The lowest BCUT2D eigenvalue weighted by Gasteiger charge is -2.14. The number of rotatable bonds is 3. The number of carbonyl (C=O) groups is 2. The topological polar surface area (TPSA) is 78.4 Å². The van der Waals surface area contributed by atoms with Crippen molar-refractivity contribution in [2.24, 2.45) is 0 Å². The summed E-state index contributed by atoms with van der Waals surface area (Å²) in [5, 5.41) is 14.2. The van der Waals surface area contributed by atoms with Crippen LogP contribution in [0.4, 0.5) is 10.1 Å². The molecule has 5 nitrogen and oxygen atoms in total. The predicted octanol–water partition coefficient (Wildman–Crippen LogP) is 4.18. The molecule has 0 aliphatic heterocycles. The summed E-state index contributed by atoms with van der Waals surface area (Å²) < 4.78 is 14.1. The molecule has 0 saturated heterocycles. The maximum absolute atomic E-state index is 13.1. The summed E-state index contributed by atoms with van der Waals surface area (Å²) >= 11 is 11.5. The van der Waals surface area contributed by atoms with Gasteiger partial charge in [-0.2, -0.15) is 0 Å². The fraction of sp³-hybridized carbons (Fsp3) is 0. The number of halogens is 3. The average molecular weight is 476 g/mol. The molecule has 0 saturated carbocycles. The average Bonchev–Trinajstić information content (AvgIpc) is 2.49. The Kier molecular flexibility index (Phi) is 6.03. The van der Waals surface area contributed by atoms with Crippen LogP contribution in [0.3, 0.4) is 0 Å². The molecule has 2 aromatic rings. The SMILES string of the molecule is O=C(NC(=S)Nc1c(Br)cc(Br)cc1C(=O)O)c1cccc(F)c1. The highest BCUT2D eigenvalue weighted by Crippen LogP contribution is 2.30. The number of anilines is 1. The van der Waals surface area contributed by atoms with E-state index in [2.05, 4.69) is 42.5 Å². The largest absolute Gasteiger partial charge is 0.478 e. The molecule has 9 heteroatoms. The highest BCUT2D eigenvalue weighted by Gasteiger charge is 2.17. The maximum Gasteiger partial charge on any atom is 0.337 e. The van der Waals surface area contributed by atoms with E-state index in [-0.39, 0.29) is 21.9 Å². The van der Waals surface area contributed by atoms with Gasteiger partial charge in [0, 0.05) is 14.5 Å². The van der Waals surface area contributed by atoms with E-state index in [1.165, 1.54) is 24.3 Å². The fourth-order valence-corrected chi connectivity index (χ4v) is 3.34. The molecule has 0 unspecified atom stereocenters. The van der Waals surface area contributed by atoms with Crippen molar-refractivity contribution in [1.29, 1.82) is 0 Å². The third-order valence-electron chi connectivity index (χ3n) is 2.84. The first-order valence-corrected chi connectivity index (χ1v) is 8.37. The van der Waals surface area contributed by atoms with E-state index in [0.29, 0.717) is 8.95 Å². The van der Waals surface area contributed by atoms with Crippen LogP contribution in [0.1, 0.15) is 20.7 Å². The van der Waals surface area contributed by atoms with Crippen LogP contribution in [-0.2, 0) is 0 Å². The summed E-state index contributed by atoms with van der Waals surface area (Å²) in [6.45, 7) is 0. The Morgan fingerprint density at radius 2 is 1.88 bits per heavy atom. The Labute approximate surface area is 158 Å². The predicted molar refractivity (Wildman–Crippen MR) is 98.9 cm³/mol. The van der Waals surface area contributed by atoms with Crippen molar-refractivity contribution in [3.63, 3.8) is 0 Å². The standard InChI is InChI=1S/C15H9Br2FN2O3S/c16-8-5-10(14(22)23)12(11(17)6-8)19-15(24)20-13(21)7-2-1-3-9(18)4-7/h1-6H,(H,22,23)(H2,19,20,21,24). The lowest BCUT2D eigenvalue weighted by Crippen LogP contribution is -2.34. The van der Waals surface area contributed by atoms with Crippen LogP contribution in [0.15, 0.2) is 45.3 Å². The van der Waals surface area contributed by atoms with E-state index < -0.39 is 17.7 Å². The first kappa shape index (κ1) is 18.5. The number of carboxylic acids is 1. The molecule has 24 heavy (non-hydrogen) atoms. The second-order valence-corrected chi connectivity index (χ2v) is 6.71. The van der Waals surface area contributed by atoms with Gasteiger partial charge < -0.3 is 10.4 Å². The van der Waals surface area contributed by atoms with Gasteiger partial charge in [-0.3, -0.25) is 10.1 Å². The minimum Gasteiger partial charge on any atom is -0.478 e. The Bertz CT molecular complexity index is 845. The smallest absolute Gasteiger partial charge is 0.337 e. The van der Waals surface area contributed by atoms with Gasteiger partial charge in [-0.15, -0.1) is 0 Å². The monoisotopic (exact) mass is 474 g/mol. The molecule has 0 aromatic heterocycles. The summed E-state index contributed by atoms with van der Waals surface area (Å²) in [4.78, 5) is 23.3. The molecule has 0 bridgehead atoms. The molecule has 2 aromatic carbocycles. The minimum atomic E-state index is -1.17. The lowest BCUT2D eigenvalue weighted by molar-refractivity contribution is 0.0697. The molecule has 0 heterocycles. The van der Waals surface area contributed by atoms with Crippen molar-refractivity contribution in [2.45, 2.75) is 0 Å². The van der Waals surface area contributed by atoms with Crippen molar-refractivity contribution in [2.75, 3.05) is 5.32 Å². The fourth-order valence-electron chi connectivity index (χ4n) is 1.82. The molecule has 0 aliphatic carbocycles. The third-order valence-corrected chi connectivity index (χ3v) is 4.13. The first-order valence-electron chi connectivity index (χ1n) is 6.38. The Hall–Kier alpha value is -1.84. The number of benzene rings is 2. The maximum atomic E-state index is 13.1. The van der Waals surface area contributed by atoms with Gasteiger partial charge >= 0.3 is 5.97 Å². The first-order chi connectivity index (χ1) is 11.3. The summed E-state index contributed by atoms with van der Waals surface area (Å²) in [5.74, 6) is -2.33. The molecule has 0 aliphatic rings. The van der Waals surface area contributed by atoms with E-state index in [0.717, 1.165) is 6.07 Å². The van der Waals surface area contributed by atoms with E-state index in [1.54, 1.807) is 6.07 Å². The molecular formula is C15H9Br2FN2O3S. The molecule has 0 atom stereocenters. The molecule has 3 N–H and O–H groups in total. The Balaban J connectivity index is 2.18. The molecule has 2 rings (SSSR count). The van der Waals surface area contributed by atoms with Gasteiger partial charge in [0.2, 0.25) is 0 Å². The van der Waals surface area contributed by atoms with Crippen LogP contribution >= 0.6 is 44.1 Å². The van der Waals surface area contributed by atoms with Gasteiger partial charge in [0.15, 0.2) is 5.11 Å². The van der Waals surface area contributed by atoms with Crippen LogP contribution < -0.4 is 10.6 Å². The van der Waals surface area contributed by atoms with E-state index >= 15 is 0 Å². The van der Waals surface area contributed by atoms with Crippen LogP contribution in [0.25, 0.3) is 0 Å². The normalized spacial score (nSPS) is 10.1. The Morgan fingerprint density at radius 1 is 1.17 bits per heavy atom. The summed E-state index contributed by atoms with van der Waals surface area (Å²) in [6.07, 6.45) is 0. The lowest BCUT2D eigenvalue weighted by atomic mass is 10.2. The number of nitrogens with one attached hydrogen (secondary N) is 2. The van der Waals surface area contributed by atoms with Crippen molar-refractivity contribution in [3.8, 4) is 0 Å². The van der Waals surface area contributed by atoms with E-state index in [4.69, 9.17) is 12.2 Å². The quantitative estimate of drug-likeness (QED) is 0.580. The van der Waals surface area contributed by atoms with E-state index in [9.17, 15) is 19.1 Å². The summed E-state index contributed by atoms with van der Waals surface area (Å²) in [6, 6.07) is 8.13. The van der Waals surface area contributed by atoms with Gasteiger partial charge in [-0.05, 0) is 58.5 Å². The zero-order valence-corrected chi connectivity index (χ0v) is 15.8. The number of aromatic carboxylic acids is 1. The number of hydrogen-bond acceptors (Lipinski definition) is 3. The van der Waals surface area contributed by atoms with Crippen molar-refractivity contribution >= 4 is 66.8 Å². The van der Waals surface area contributed by atoms with Crippen molar-refractivity contribution < 1.29 is 19.1 Å². The highest BCUT2D eigenvalue weighted by atomic mass is 79.9. The number of thiocarbonyl (C=S) groups is 1. The zero-order valence-electron chi connectivity index (χ0n) is 11.8. The van der Waals surface area contributed by atoms with Gasteiger partial charge in [-0.25, -0.2) is 9.18 Å². The zero-order chi connectivity index (χ0) is 17.9. The van der Waals surface area contributed by atoms with Crippen LogP contribution in [0.5, 0.6) is 0 Å². The molecule has 0 fully saturated rings. The highest BCUT2D eigenvalue weighted by molar-refractivity contribution is 9.11. The van der Waals surface area contributed by atoms with Crippen molar-refractivity contribution in [1.82, 2.24) is 5.32 Å². The summed E-state index contributed by atoms with van der Waals surface area (Å²) in [5.41, 5.74) is 0.237. The van der Waals surface area contributed by atoms with Gasteiger partial charge in [0.25, 0.3) is 5.91 Å². The molecule has 124 valence electrons. The van der Waals surface area contributed by atoms with Crippen LogP contribution in [0, 0.1) is 5.82 Å². The molecule has 0 spiro atoms. The number of carboxylic acid groups (broad SMARTS) is 1. The van der Waals surface area contributed by atoms with Crippen LogP contribution in [-0.4, -0.2) is 22.1 Å². The molecule has 0 radical (unpaired) electrons. The van der Waals surface area contributed by atoms with Gasteiger partial charge in [0.1, 0.15) is 5.82 Å². The minimum absolute atomic E-state index is 0.0430. The van der Waals surface area contributed by atoms with Crippen LogP contribution in [0.2, 0.25) is 0 Å². The Morgan fingerprint density at radius 3 is 2.50 bits per heavy atom. The van der Waals surface area contributed by atoms with Gasteiger partial charge in [-0.1, -0.05) is 22.0 Å². The number of amides is 1. The van der Waals surface area contributed by atoms with E-state index in [1.807, 2.05) is 0 Å².